The van der Waals surface area contributed by atoms with Crippen molar-refractivity contribution in [2.75, 3.05) is 0 Å². The SMILES string of the molecule is O=C([O-])c1ccc(-c2ccsc2)s1. The molecule has 2 rings (SSSR count). The highest BCUT2D eigenvalue weighted by Crippen LogP contribution is 2.29. The molecule has 2 heterocycles. The molecule has 0 spiro atoms. The minimum absolute atomic E-state index is 0.279. The molecular formula is C9H5O2S2-. The molecule has 66 valence electrons. The van der Waals surface area contributed by atoms with E-state index in [4.69, 9.17) is 0 Å². The monoisotopic (exact) mass is 209 g/mol. The maximum absolute atomic E-state index is 10.5. The summed E-state index contributed by atoms with van der Waals surface area (Å²) in [6, 6.07) is 5.35. The van der Waals surface area contributed by atoms with Crippen LogP contribution in [0.3, 0.4) is 0 Å². The van der Waals surface area contributed by atoms with E-state index in [2.05, 4.69) is 0 Å². The first kappa shape index (κ1) is 8.47. The Labute approximate surface area is 83.1 Å². The molecule has 13 heavy (non-hydrogen) atoms. The predicted octanol–water partition coefficient (Wildman–Crippen LogP) is 1.84. The summed E-state index contributed by atoms with van der Waals surface area (Å²) < 4.78 is 0. The Morgan fingerprint density at radius 1 is 1.31 bits per heavy atom. The van der Waals surface area contributed by atoms with E-state index >= 15 is 0 Å². The Kier molecular flexibility index (Phi) is 2.16. The molecule has 0 amide bonds. The number of hydrogen-bond donors (Lipinski definition) is 0. The third-order valence-corrected chi connectivity index (χ3v) is 3.41. The molecule has 0 bridgehead atoms. The van der Waals surface area contributed by atoms with Crippen LogP contribution < -0.4 is 5.11 Å². The predicted molar refractivity (Wildman–Crippen MR) is 52.0 cm³/mol. The molecule has 0 aliphatic carbocycles. The fourth-order valence-corrected chi connectivity index (χ4v) is 2.58. The standard InChI is InChI=1S/C9H6O2S2/c10-9(11)8-2-1-7(13-8)6-3-4-12-5-6/h1-5H,(H,10,11)/p-1. The van der Waals surface area contributed by atoms with E-state index in [1.807, 2.05) is 16.8 Å². The van der Waals surface area contributed by atoms with E-state index in [1.165, 1.54) is 11.3 Å². The first-order valence-corrected chi connectivity index (χ1v) is 5.37. The first-order valence-electron chi connectivity index (χ1n) is 3.61. The molecule has 2 nitrogen and oxygen atoms in total. The molecule has 0 atom stereocenters. The molecule has 0 saturated heterocycles. The maximum Gasteiger partial charge on any atom is 0.0815 e. The van der Waals surface area contributed by atoms with Gasteiger partial charge < -0.3 is 9.90 Å². The largest absolute Gasteiger partial charge is 0.544 e. The van der Waals surface area contributed by atoms with Crippen LogP contribution in [0.2, 0.25) is 0 Å². The number of carbonyl (C=O) groups excluding carboxylic acids is 1. The Hall–Kier alpha value is -1.13. The van der Waals surface area contributed by atoms with Crippen LogP contribution in [0, 0.1) is 0 Å². The second kappa shape index (κ2) is 3.32. The molecule has 0 fully saturated rings. The van der Waals surface area contributed by atoms with Gasteiger partial charge in [-0.1, -0.05) is 0 Å². The molecule has 0 aliphatic heterocycles. The summed E-state index contributed by atoms with van der Waals surface area (Å²) in [7, 11) is 0. The molecule has 2 aromatic heterocycles. The van der Waals surface area contributed by atoms with Crippen LogP contribution >= 0.6 is 22.7 Å². The molecule has 0 unspecified atom stereocenters. The number of thiophene rings is 2. The molecule has 4 heteroatoms. The van der Waals surface area contributed by atoms with Crippen LogP contribution in [0.5, 0.6) is 0 Å². The molecule has 0 N–H and O–H groups in total. The van der Waals surface area contributed by atoms with E-state index in [0.717, 1.165) is 10.4 Å². The lowest BCUT2D eigenvalue weighted by molar-refractivity contribution is -0.254. The van der Waals surface area contributed by atoms with Gasteiger partial charge >= 0.3 is 0 Å². The third kappa shape index (κ3) is 1.64. The highest BCUT2D eigenvalue weighted by molar-refractivity contribution is 7.17. The van der Waals surface area contributed by atoms with E-state index < -0.39 is 5.97 Å². The van der Waals surface area contributed by atoms with Crippen molar-refractivity contribution in [1.29, 1.82) is 0 Å². The molecular weight excluding hydrogens is 204 g/mol. The zero-order chi connectivity index (χ0) is 9.26. The van der Waals surface area contributed by atoms with Gasteiger partial charge in [-0.25, -0.2) is 0 Å². The summed E-state index contributed by atoms with van der Waals surface area (Å²) in [4.78, 5) is 11.7. The second-order valence-electron chi connectivity index (χ2n) is 2.46. The fraction of sp³-hybridized carbons (Fsp3) is 0. The van der Waals surface area contributed by atoms with Crippen molar-refractivity contribution in [3.05, 3.63) is 33.8 Å². The highest BCUT2D eigenvalue weighted by atomic mass is 32.1. The van der Waals surface area contributed by atoms with Crippen LogP contribution in [0.1, 0.15) is 9.67 Å². The van der Waals surface area contributed by atoms with E-state index in [-0.39, 0.29) is 4.88 Å². The van der Waals surface area contributed by atoms with Crippen molar-refractivity contribution in [3.63, 3.8) is 0 Å². The smallest absolute Gasteiger partial charge is 0.0815 e. The van der Waals surface area contributed by atoms with Gasteiger partial charge in [0, 0.05) is 10.4 Å². The first-order chi connectivity index (χ1) is 6.27. The lowest BCUT2D eigenvalue weighted by Crippen LogP contribution is -2.20. The summed E-state index contributed by atoms with van der Waals surface area (Å²) in [5.74, 6) is -1.11. The van der Waals surface area contributed by atoms with E-state index in [1.54, 1.807) is 23.5 Å². The number of carboxylic acid groups (broad SMARTS) is 1. The minimum atomic E-state index is -1.11. The lowest BCUT2D eigenvalue weighted by atomic mass is 10.3. The molecule has 0 aliphatic rings. The summed E-state index contributed by atoms with van der Waals surface area (Å²) in [5, 5.41) is 14.4. The zero-order valence-electron chi connectivity index (χ0n) is 6.52. The summed E-state index contributed by atoms with van der Waals surface area (Å²) in [6.07, 6.45) is 0. The molecule has 0 aromatic carbocycles. The topological polar surface area (TPSA) is 40.1 Å². The van der Waals surface area contributed by atoms with Crippen LogP contribution in [0.25, 0.3) is 10.4 Å². The Morgan fingerprint density at radius 2 is 2.15 bits per heavy atom. The van der Waals surface area contributed by atoms with Gasteiger partial charge in [-0.15, -0.1) is 11.3 Å². The maximum atomic E-state index is 10.5. The number of rotatable bonds is 2. The van der Waals surface area contributed by atoms with Gasteiger partial charge in [0.25, 0.3) is 0 Å². The van der Waals surface area contributed by atoms with Crippen LogP contribution in [0.15, 0.2) is 29.0 Å². The Balaban J connectivity index is 2.39. The van der Waals surface area contributed by atoms with Crippen molar-refractivity contribution < 1.29 is 9.90 Å². The summed E-state index contributed by atoms with van der Waals surface area (Å²) in [6.45, 7) is 0. The minimum Gasteiger partial charge on any atom is -0.544 e. The van der Waals surface area contributed by atoms with Crippen LogP contribution in [-0.4, -0.2) is 5.97 Å². The summed E-state index contributed by atoms with van der Waals surface area (Å²) in [5.41, 5.74) is 1.07. The van der Waals surface area contributed by atoms with Gasteiger partial charge in [-0.05, 0) is 29.0 Å². The Morgan fingerprint density at radius 3 is 2.69 bits per heavy atom. The van der Waals surface area contributed by atoms with Gasteiger partial charge in [-0.2, -0.15) is 11.3 Å². The quantitative estimate of drug-likeness (QED) is 0.757. The highest BCUT2D eigenvalue weighted by Gasteiger charge is 2.02. The molecule has 0 radical (unpaired) electrons. The average Bonchev–Trinajstić information content (AvgIpc) is 2.75. The fourth-order valence-electron chi connectivity index (χ4n) is 1.01. The van der Waals surface area contributed by atoms with Crippen LogP contribution in [0.4, 0.5) is 0 Å². The van der Waals surface area contributed by atoms with E-state index in [9.17, 15) is 9.90 Å². The van der Waals surface area contributed by atoms with Crippen molar-refractivity contribution >= 4 is 28.6 Å². The van der Waals surface area contributed by atoms with E-state index in [0.29, 0.717) is 0 Å². The Bertz CT molecular complexity index is 415. The summed E-state index contributed by atoms with van der Waals surface area (Å²) >= 11 is 2.84. The number of carbonyl (C=O) groups is 1. The van der Waals surface area contributed by atoms with Gasteiger partial charge in [0.2, 0.25) is 0 Å². The number of carboxylic acids is 1. The second-order valence-corrected chi connectivity index (χ2v) is 4.33. The molecule has 2 aromatic rings. The van der Waals surface area contributed by atoms with Gasteiger partial charge in [0.15, 0.2) is 0 Å². The third-order valence-electron chi connectivity index (χ3n) is 1.61. The van der Waals surface area contributed by atoms with Crippen molar-refractivity contribution in [2.24, 2.45) is 0 Å². The van der Waals surface area contributed by atoms with Gasteiger partial charge in [-0.3, -0.25) is 0 Å². The number of aromatic carboxylic acids is 1. The zero-order valence-corrected chi connectivity index (χ0v) is 8.15. The normalized spacial score (nSPS) is 10.2. The number of hydrogen-bond acceptors (Lipinski definition) is 4. The van der Waals surface area contributed by atoms with Crippen molar-refractivity contribution in [3.8, 4) is 10.4 Å². The lowest BCUT2D eigenvalue weighted by Gasteiger charge is -1.93. The average molecular weight is 209 g/mol. The van der Waals surface area contributed by atoms with Gasteiger partial charge in [0.1, 0.15) is 0 Å². The van der Waals surface area contributed by atoms with Gasteiger partial charge in [0.05, 0.1) is 10.8 Å². The van der Waals surface area contributed by atoms with Crippen LogP contribution in [-0.2, 0) is 0 Å². The van der Waals surface area contributed by atoms with Crippen molar-refractivity contribution in [1.82, 2.24) is 0 Å². The molecule has 0 saturated carbocycles. The van der Waals surface area contributed by atoms with Crippen molar-refractivity contribution in [2.45, 2.75) is 0 Å².